The molecule has 1 saturated heterocycles. The molecule has 2 heterocycles. The lowest BCUT2D eigenvalue weighted by Gasteiger charge is -2.29. The van der Waals surface area contributed by atoms with Gasteiger partial charge < -0.3 is 10.2 Å². The number of anilines is 1. The van der Waals surface area contributed by atoms with Crippen molar-refractivity contribution in [1.82, 2.24) is 10.3 Å². The van der Waals surface area contributed by atoms with Crippen LogP contribution in [0.25, 0.3) is 11.1 Å². The van der Waals surface area contributed by atoms with Crippen LogP contribution in [0.5, 0.6) is 0 Å². The SMILES string of the molecule is Cc1ccccc1-c1cncc(N2CCNCC2)c1. The highest BCUT2D eigenvalue weighted by atomic mass is 15.2. The van der Waals surface area contributed by atoms with E-state index in [2.05, 4.69) is 52.5 Å². The van der Waals surface area contributed by atoms with E-state index in [0.717, 1.165) is 26.2 Å². The van der Waals surface area contributed by atoms with Crippen molar-refractivity contribution in [3.63, 3.8) is 0 Å². The van der Waals surface area contributed by atoms with Gasteiger partial charge in [-0.25, -0.2) is 0 Å². The van der Waals surface area contributed by atoms with Crippen LogP contribution in [0.4, 0.5) is 5.69 Å². The molecule has 98 valence electrons. The molecule has 19 heavy (non-hydrogen) atoms. The molecule has 0 radical (unpaired) electrons. The van der Waals surface area contributed by atoms with Crippen molar-refractivity contribution >= 4 is 5.69 Å². The molecule has 0 bridgehead atoms. The van der Waals surface area contributed by atoms with Crippen LogP contribution in [-0.2, 0) is 0 Å². The molecule has 0 saturated carbocycles. The number of piperazine rings is 1. The average molecular weight is 253 g/mol. The first-order valence-electron chi connectivity index (χ1n) is 6.81. The lowest BCUT2D eigenvalue weighted by molar-refractivity contribution is 0.589. The van der Waals surface area contributed by atoms with Crippen LogP contribution >= 0.6 is 0 Å². The molecule has 0 aliphatic carbocycles. The Bertz CT molecular complexity index is 559. The summed E-state index contributed by atoms with van der Waals surface area (Å²) < 4.78 is 0. The molecule has 2 aromatic rings. The first kappa shape index (κ1) is 12.2. The van der Waals surface area contributed by atoms with Crippen LogP contribution in [0, 0.1) is 6.92 Å². The first-order valence-corrected chi connectivity index (χ1v) is 6.81. The lowest BCUT2D eigenvalue weighted by Crippen LogP contribution is -2.43. The van der Waals surface area contributed by atoms with E-state index in [1.54, 1.807) is 0 Å². The Morgan fingerprint density at radius 3 is 2.68 bits per heavy atom. The van der Waals surface area contributed by atoms with Crippen molar-refractivity contribution in [3.05, 3.63) is 48.3 Å². The maximum atomic E-state index is 4.42. The summed E-state index contributed by atoms with van der Waals surface area (Å²) in [7, 11) is 0. The Morgan fingerprint density at radius 1 is 1.11 bits per heavy atom. The molecule has 3 heteroatoms. The second kappa shape index (κ2) is 5.41. The summed E-state index contributed by atoms with van der Waals surface area (Å²) in [6.07, 6.45) is 3.92. The Kier molecular flexibility index (Phi) is 3.47. The normalized spacial score (nSPS) is 15.5. The third-order valence-electron chi connectivity index (χ3n) is 3.66. The molecular formula is C16H19N3. The third-order valence-corrected chi connectivity index (χ3v) is 3.66. The fraction of sp³-hybridized carbons (Fsp3) is 0.312. The molecule has 0 unspecified atom stereocenters. The van der Waals surface area contributed by atoms with Crippen molar-refractivity contribution in [2.45, 2.75) is 6.92 Å². The molecule has 1 aromatic heterocycles. The van der Waals surface area contributed by atoms with Crippen LogP contribution in [0.2, 0.25) is 0 Å². The highest BCUT2D eigenvalue weighted by molar-refractivity contribution is 5.70. The Hall–Kier alpha value is -1.87. The van der Waals surface area contributed by atoms with Gasteiger partial charge in [-0.2, -0.15) is 0 Å². The second-order valence-corrected chi connectivity index (χ2v) is 4.98. The minimum absolute atomic E-state index is 1.05. The van der Waals surface area contributed by atoms with Gasteiger partial charge in [0.25, 0.3) is 0 Å². The number of aromatic nitrogens is 1. The Labute approximate surface area is 114 Å². The summed E-state index contributed by atoms with van der Waals surface area (Å²) in [5.41, 5.74) is 4.99. The predicted molar refractivity (Wildman–Crippen MR) is 79.5 cm³/mol. The number of hydrogen-bond acceptors (Lipinski definition) is 3. The van der Waals surface area contributed by atoms with Gasteiger partial charge in [-0.15, -0.1) is 0 Å². The quantitative estimate of drug-likeness (QED) is 0.891. The molecule has 1 aliphatic heterocycles. The van der Waals surface area contributed by atoms with Crippen molar-refractivity contribution in [2.75, 3.05) is 31.1 Å². The van der Waals surface area contributed by atoms with Crippen molar-refractivity contribution < 1.29 is 0 Å². The van der Waals surface area contributed by atoms with E-state index in [4.69, 9.17) is 0 Å². The van der Waals surface area contributed by atoms with Gasteiger partial charge >= 0.3 is 0 Å². The molecule has 0 amide bonds. The smallest absolute Gasteiger partial charge is 0.0559 e. The fourth-order valence-electron chi connectivity index (χ4n) is 2.57. The van der Waals surface area contributed by atoms with Gasteiger partial charge in [0.2, 0.25) is 0 Å². The van der Waals surface area contributed by atoms with Gasteiger partial charge in [0.1, 0.15) is 0 Å². The lowest BCUT2D eigenvalue weighted by atomic mass is 10.0. The number of rotatable bonds is 2. The second-order valence-electron chi connectivity index (χ2n) is 4.98. The van der Waals surface area contributed by atoms with E-state index >= 15 is 0 Å². The molecule has 1 fully saturated rings. The summed E-state index contributed by atoms with van der Waals surface area (Å²) in [4.78, 5) is 6.81. The van der Waals surface area contributed by atoms with Crippen LogP contribution in [-0.4, -0.2) is 31.2 Å². The standard InChI is InChI=1S/C16H19N3/c1-13-4-2-3-5-16(13)14-10-15(12-18-11-14)19-8-6-17-7-9-19/h2-5,10-12,17H,6-9H2,1H3. The summed E-state index contributed by atoms with van der Waals surface area (Å²) >= 11 is 0. The molecule has 3 rings (SSSR count). The van der Waals surface area contributed by atoms with Gasteiger partial charge in [0.05, 0.1) is 11.9 Å². The van der Waals surface area contributed by atoms with Gasteiger partial charge in [-0.1, -0.05) is 24.3 Å². The van der Waals surface area contributed by atoms with Crippen LogP contribution in [0.1, 0.15) is 5.56 Å². The largest absolute Gasteiger partial charge is 0.368 e. The molecule has 0 atom stereocenters. The van der Waals surface area contributed by atoms with Crippen LogP contribution < -0.4 is 10.2 Å². The zero-order valence-corrected chi connectivity index (χ0v) is 11.3. The maximum absolute atomic E-state index is 4.42. The van der Waals surface area contributed by atoms with E-state index in [0.29, 0.717) is 0 Å². The van der Waals surface area contributed by atoms with Gasteiger partial charge in [-0.05, 0) is 24.1 Å². The average Bonchev–Trinajstić information content (AvgIpc) is 2.49. The maximum Gasteiger partial charge on any atom is 0.0559 e. The van der Waals surface area contributed by atoms with E-state index in [-0.39, 0.29) is 0 Å². The minimum atomic E-state index is 1.05. The van der Waals surface area contributed by atoms with E-state index < -0.39 is 0 Å². The molecule has 1 aliphatic rings. The molecule has 3 nitrogen and oxygen atoms in total. The van der Waals surface area contributed by atoms with Crippen molar-refractivity contribution in [1.29, 1.82) is 0 Å². The highest BCUT2D eigenvalue weighted by Gasteiger charge is 2.11. The monoisotopic (exact) mass is 253 g/mol. The number of aryl methyl sites for hydroxylation is 1. The van der Waals surface area contributed by atoms with E-state index in [9.17, 15) is 0 Å². The van der Waals surface area contributed by atoms with Gasteiger partial charge in [0, 0.05) is 37.9 Å². The number of pyridine rings is 1. The molecule has 0 spiro atoms. The Balaban J connectivity index is 1.93. The number of hydrogen-bond donors (Lipinski definition) is 1. The minimum Gasteiger partial charge on any atom is -0.368 e. The summed E-state index contributed by atoms with van der Waals surface area (Å²) in [6.45, 7) is 6.35. The number of nitrogens with zero attached hydrogens (tertiary/aromatic N) is 2. The molecular weight excluding hydrogens is 234 g/mol. The fourth-order valence-corrected chi connectivity index (χ4v) is 2.57. The number of benzene rings is 1. The van der Waals surface area contributed by atoms with Crippen LogP contribution in [0.3, 0.4) is 0 Å². The predicted octanol–water partition coefficient (Wildman–Crippen LogP) is 2.47. The number of nitrogens with one attached hydrogen (secondary N) is 1. The van der Waals surface area contributed by atoms with Crippen LogP contribution in [0.15, 0.2) is 42.7 Å². The topological polar surface area (TPSA) is 28.2 Å². The first-order chi connectivity index (χ1) is 9.34. The third kappa shape index (κ3) is 2.61. The van der Waals surface area contributed by atoms with E-state index in [1.165, 1.54) is 22.4 Å². The van der Waals surface area contributed by atoms with E-state index in [1.807, 2.05) is 12.4 Å². The summed E-state index contributed by atoms with van der Waals surface area (Å²) in [6, 6.07) is 10.7. The zero-order valence-electron chi connectivity index (χ0n) is 11.3. The van der Waals surface area contributed by atoms with Crippen molar-refractivity contribution in [2.24, 2.45) is 0 Å². The van der Waals surface area contributed by atoms with Gasteiger partial charge in [0.15, 0.2) is 0 Å². The van der Waals surface area contributed by atoms with Gasteiger partial charge in [-0.3, -0.25) is 4.98 Å². The Morgan fingerprint density at radius 2 is 1.89 bits per heavy atom. The zero-order chi connectivity index (χ0) is 13.1. The van der Waals surface area contributed by atoms with Crippen molar-refractivity contribution in [3.8, 4) is 11.1 Å². The molecule has 1 N–H and O–H groups in total. The summed E-state index contributed by atoms with van der Waals surface area (Å²) in [5.74, 6) is 0. The molecule has 1 aromatic carbocycles. The highest BCUT2D eigenvalue weighted by Crippen LogP contribution is 2.26. The summed E-state index contributed by atoms with van der Waals surface area (Å²) in [5, 5.41) is 3.38.